The zero-order valence-corrected chi connectivity index (χ0v) is 19.9. The summed E-state index contributed by atoms with van der Waals surface area (Å²) in [6, 6.07) is 14.9. The fraction of sp³-hybridized carbons (Fsp3) is 0.409. The van der Waals surface area contributed by atoms with Crippen molar-refractivity contribution in [3.63, 3.8) is 0 Å². The van der Waals surface area contributed by atoms with E-state index in [0.717, 1.165) is 43.5 Å². The summed E-state index contributed by atoms with van der Waals surface area (Å²) in [5, 5.41) is 15.4. The molecular weight excluding hydrogens is 489 g/mol. The lowest BCUT2D eigenvalue weighted by molar-refractivity contribution is 0.679. The fourth-order valence-corrected chi connectivity index (χ4v) is 3.80. The molecule has 1 saturated heterocycles. The molecule has 7 nitrogen and oxygen atoms in total. The molecule has 160 valence electrons. The van der Waals surface area contributed by atoms with Crippen LogP contribution in [-0.4, -0.2) is 47.2 Å². The molecule has 0 saturated carbocycles. The van der Waals surface area contributed by atoms with Gasteiger partial charge in [-0.05, 0) is 49.6 Å². The number of rotatable bonds is 6. The monoisotopic (exact) mass is 519 g/mol. The first kappa shape index (κ1) is 22.3. The van der Waals surface area contributed by atoms with Crippen molar-refractivity contribution < 1.29 is 0 Å². The fourth-order valence-electron chi connectivity index (χ4n) is 3.80. The number of aliphatic imine (C=N–C) groups is 1. The first-order valence-corrected chi connectivity index (χ1v) is 10.4. The molecule has 2 aromatic heterocycles. The molecule has 0 amide bonds. The lowest BCUT2D eigenvalue weighted by atomic mass is 10.1. The smallest absolute Gasteiger partial charge is 0.191 e. The second kappa shape index (κ2) is 10.6. The SMILES string of the molecule is CN=C(NCCc1nnc2ccccn12)NC(C)c1cccc(N2CCCC2)c1.I. The van der Waals surface area contributed by atoms with Gasteiger partial charge in [0.05, 0.1) is 6.04 Å². The minimum absolute atomic E-state index is 0. The molecule has 3 heterocycles. The van der Waals surface area contributed by atoms with Gasteiger partial charge in [-0.15, -0.1) is 34.2 Å². The first-order chi connectivity index (χ1) is 14.2. The molecule has 1 unspecified atom stereocenters. The Morgan fingerprint density at radius 3 is 2.77 bits per heavy atom. The minimum Gasteiger partial charge on any atom is -0.372 e. The van der Waals surface area contributed by atoms with Crippen LogP contribution in [0.4, 0.5) is 5.69 Å². The van der Waals surface area contributed by atoms with Crippen LogP contribution in [0.3, 0.4) is 0 Å². The minimum atomic E-state index is 0. The van der Waals surface area contributed by atoms with Crippen molar-refractivity contribution in [1.29, 1.82) is 0 Å². The quantitative estimate of drug-likeness (QED) is 0.297. The number of nitrogens with one attached hydrogen (secondary N) is 2. The predicted octanol–water partition coefficient (Wildman–Crippen LogP) is 3.42. The first-order valence-electron chi connectivity index (χ1n) is 10.4. The van der Waals surface area contributed by atoms with Gasteiger partial charge in [0.25, 0.3) is 0 Å². The number of hydrogen-bond donors (Lipinski definition) is 2. The number of anilines is 1. The van der Waals surface area contributed by atoms with E-state index in [2.05, 4.69) is 61.9 Å². The standard InChI is InChI=1S/C22H29N7.HI/c1-17(18-8-7-9-19(16-18)28-13-5-6-14-28)25-22(23-2)24-12-11-21-27-26-20-10-3-4-15-29(20)21;/h3-4,7-10,15-17H,5-6,11-14H2,1-2H3,(H2,23,24,25);1H. The lowest BCUT2D eigenvalue weighted by Gasteiger charge is -2.22. The van der Waals surface area contributed by atoms with Crippen molar-refractivity contribution in [2.24, 2.45) is 4.99 Å². The molecule has 3 aromatic rings. The third-order valence-corrected chi connectivity index (χ3v) is 5.44. The van der Waals surface area contributed by atoms with Gasteiger partial charge in [-0.3, -0.25) is 9.39 Å². The number of nitrogens with zero attached hydrogens (tertiary/aromatic N) is 5. The maximum Gasteiger partial charge on any atom is 0.191 e. The average Bonchev–Trinajstić information content (AvgIpc) is 3.43. The number of hydrogen-bond acceptors (Lipinski definition) is 4. The summed E-state index contributed by atoms with van der Waals surface area (Å²) < 4.78 is 2.02. The molecule has 0 radical (unpaired) electrons. The van der Waals surface area contributed by atoms with Gasteiger partial charge in [0, 0.05) is 45.0 Å². The third-order valence-electron chi connectivity index (χ3n) is 5.44. The number of benzene rings is 1. The van der Waals surface area contributed by atoms with Crippen LogP contribution in [0, 0.1) is 0 Å². The Bertz CT molecular complexity index is 978. The summed E-state index contributed by atoms with van der Waals surface area (Å²) in [4.78, 5) is 6.84. The van der Waals surface area contributed by atoms with Gasteiger partial charge in [-0.1, -0.05) is 18.2 Å². The Morgan fingerprint density at radius 2 is 1.97 bits per heavy atom. The highest BCUT2D eigenvalue weighted by molar-refractivity contribution is 14.0. The zero-order chi connectivity index (χ0) is 20.1. The van der Waals surface area contributed by atoms with Crippen molar-refractivity contribution in [2.75, 3.05) is 31.6 Å². The van der Waals surface area contributed by atoms with E-state index in [1.807, 2.05) is 28.8 Å². The van der Waals surface area contributed by atoms with Gasteiger partial charge in [-0.2, -0.15) is 0 Å². The Hall–Kier alpha value is -2.36. The lowest BCUT2D eigenvalue weighted by Crippen LogP contribution is -2.39. The van der Waals surface area contributed by atoms with Gasteiger partial charge in [-0.25, -0.2) is 0 Å². The van der Waals surface area contributed by atoms with Crippen LogP contribution in [0.2, 0.25) is 0 Å². The van der Waals surface area contributed by atoms with E-state index in [1.54, 1.807) is 7.05 Å². The summed E-state index contributed by atoms with van der Waals surface area (Å²) in [5.41, 5.74) is 3.45. The molecule has 1 atom stereocenters. The summed E-state index contributed by atoms with van der Waals surface area (Å²) in [7, 11) is 1.80. The molecule has 1 aromatic carbocycles. The van der Waals surface area contributed by atoms with Crippen LogP contribution in [0.25, 0.3) is 5.65 Å². The number of guanidine groups is 1. The van der Waals surface area contributed by atoms with Gasteiger partial charge in [0.15, 0.2) is 11.6 Å². The summed E-state index contributed by atoms with van der Waals surface area (Å²) >= 11 is 0. The van der Waals surface area contributed by atoms with E-state index in [4.69, 9.17) is 0 Å². The van der Waals surface area contributed by atoms with Crippen molar-refractivity contribution >= 4 is 41.3 Å². The van der Waals surface area contributed by atoms with Crippen molar-refractivity contribution in [3.05, 3.63) is 60.0 Å². The Balaban J connectivity index is 0.00000256. The highest BCUT2D eigenvalue weighted by Gasteiger charge is 2.14. The zero-order valence-electron chi connectivity index (χ0n) is 17.6. The average molecular weight is 519 g/mol. The van der Waals surface area contributed by atoms with E-state index < -0.39 is 0 Å². The molecule has 1 aliphatic heterocycles. The van der Waals surface area contributed by atoms with Gasteiger partial charge >= 0.3 is 0 Å². The van der Waals surface area contributed by atoms with Crippen molar-refractivity contribution in [3.8, 4) is 0 Å². The summed E-state index contributed by atoms with van der Waals surface area (Å²) in [6.45, 7) is 5.22. The molecule has 0 aliphatic carbocycles. The molecule has 1 aliphatic rings. The number of halogens is 1. The van der Waals surface area contributed by atoms with Crippen molar-refractivity contribution in [2.45, 2.75) is 32.2 Å². The number of aromatic nitrogens is 3. The van der Waals surface area contributed by atoms with Gasteiger partial charge in [0.1, 0.15) is 5.82 Å². The molecule has 4 rings (SSSR count). The summed E-state index contributed by atoms with van der Waals surface area (Å²) in [5.74, 6) is 1.73. The Labute approximate surface area is 195 Å². The Morgan fingerprint density at radius 1 is 1.13 bits per heavy atom. The molecule has 2 N–H and O–H groups in total. The topological polar surface area (TPSA) is 69.8 Å². The Kier molecular flexibility index (Phi) is 7.89. The second-order valence-corrected chi connectivity index (χ2v) is 7.45. The van der Waals surface area contributed by atoms with Crippen LogP contribution in [-0.2, 0) is 6.42 Å². The van der Waals surface area contributed by atoms with E-state index in [9.17, 15) is 0 Å². The van der Waals surface area contributed by atoms with E-state index >= 15 is 0 Å². The van der Waals surface area contributed by atoms with Crippen LogP contribution < -0.4 is 15.5 Å². The molecule has 8 heteroatoms. The molecule has 30 heavy (non-hydrogen) atoms. The maximum absolute atomic E-state index is 4.38. The van der Waals surface area contributed by atoms with Gasteiger partial charge < -0.3 is 15.5 Å². The second-order valence-electron chi connectivity index (χ2n) is 7.45. The summed E-state index contributed by atoms with van der Waals surface area (Å²) in [6.07, 6.45) is 5.34. The number of fused-ring (bicyclic) bond motifs is 1. The largest absolute Gasteiger partial charge is 0.372 e. The highest BCUT2D eigenvalue weighted by Crippen LogP contribution is 2.23. The van der Waals surface area contributed by atoms with E-state index in [1.165, 1.54) is 24.1 Å². The molecule has 0 spiro atoms. The van der Waals surface area contributed by atoms with Crippen LogP contribution in [0.15, 0.2) is 53.7 Å². The normalized spacial score (nSPS) is 15.1. The van der Waals surface area contributed by atoms with Crippen LogP contribution in [0.5, 0.6) is 0 Å². The molecular formula is C22H30IN7. The van der Waals surface area contributed by atoms with E-state index in [0.29, 0.717) is 0 Å². The number of pyridine rings is 1. The van der Waals surface area contributed by atoms with Crippen molar-refractivity contribution in [1.82, 2.24) is 25.2 Å². The predicted molar refractivity (Wildman–Crippen MR) is 133 cm³/mol. The van der Waals surface area contributed by atoms with Crippen LogP contribution in [0.1, 0.15) is 37.2 Å². The van der Waals surface area contributed by atoms with Gasteiger partial charge in [0.2, 0.25) is 0 Å². The van der Waals surface area contributed by atoms with Crippen LogP contribution >= 0.6 is 24.0 Å². The maximum atomic E-state index is 4.38. The third kappa shape index (κ3) is 5.21. The van der Waals surface area contributed by atoms with E-state index in [-0.39, 0.29) is 30.0 Å². The molecule has 1 fully saturated rings. The highest BCUT2D eigenvalue weighted by atomic mass is 127. The molecule has 0 bridgehead atoms.